The highest BCUT2D eigenvalue weighted by atomic mass is 16.5. The molecule has 3 rings (SSSR count). The molecule has 0 radical (unpaired) electrons. The lowest BCUT2D eigenvalue weighted by Gasteiger charge is -2.13. The van der Waals surface area contributed by atoms with Crippen molar-refractivity contribution < 1.29 is 4.74 Å². The highest BCUT2D eigenvalue weighted by Gasteiger charge is 2.10. The average Bonchev–Trinajstić information content (AvgIpc) is 2.55. The quantitative estimate of drug-likeness (QED) is 0.678. The Morgan fingerprint density at radius 2 is 1.50 bits per heavy atom. The fourth-order valence-corrected chi connectivity index (χ4v) is 2.45. The first-order valence-corrected chi connectivity index (χ1v) is 7.44. The van der Waals surface area contributed by atoms with Gasteiger partial charge in [0.1, 0.15) is 6.61 Å². The zero-order valence-electron chi connectivity index (χ0n) is 12.9. The van der Waals surface area contributed by atoms with Gasteiger partial charge in [-0.1, -0.05) is 54.6 Å². The molecule has 0 amide bonds. The van der Waals surface area contributed by atoms with Gasteiger partial charge in [-0.2, -0.15) is 0 Å². The molecule has 3 aromatic rings. The van der Waals surface area contributed by atoms with Crippen LogP contribution in [0.5, 0.6) is 5.88 Å². The second-order valence-corrected chi connectivity index (χ2v) is 5.39. The summed E-state index contributed by atoms with van der Waals surface area (Å²) in [5.74, 6) is 0.693. The van der Waals surface area contributed by atoms with Gasteiger partial charge >= 0.3 is 0 Å². The molecule has 1 aromatic heterocycles. The standard InChI is InChI=1S/C20H19NO/c1-15-8-6-7-11-18(15)19-13-12-16(2)21-20(19)22-14-17-9-4-3-5-10-17/h3-13H,14H2,1-2H3. The van der Waals surface area contributed by atoms with E-state index in [1.165, 1.54) is 5.56 Å². The van der Waals surface area contributed by atoms with Crippen molar-refractivity contribution in [2.24, 2.45) is 0 Å². The summed E-state index contributed by atoms with van der Waals surface area (Å²) in [6.07, 6.45) is 0. The summed E-state index contributed by atoms with van der Waals surface area (Å²) in [4.78, 5) is 4.58. The van der Waals surface area contributed by atoms with E-state index >= 15 is 0 Å². The van der Waals surface area contributed by atoms with Crippen molar-refractivity contribution in [1.29, 1.82) is 0 Å². The monoisotopic (exact) mass is 289 g/mol. The van der Waals surface area contributed by atoms with Gasteiger partial charge in [0.05, 0.1) is 0 Å². The van der Waals surface area contributed by atoms with Crippen LogP contribution in [0, 0.1) is 13.8 Å². The molecule has 0 atom stereocenters. The van der Waals surface area contributed by atoms with E-state index in [1.807, 2.05) is 43.3 Å². The summed E-state index contributed by atoms with van der Waals surface area (Å²) in [7, 11) is 0. The Balaban J connectivity index is 1.93. The van der Waals surface area contributed by atoms with Crippen molar-refractivity contribution in [2.75, 3.05) is 0 Å². The maximum Gasteiger partial charge on any atom is 0.221 e. The maximum absolute atomic E-state index is 6.00. The number of hydrogen-bond donors (Lipinski definition) is 0. The Labute approximate surface area is 131 Å². The fourth-order valence-electron chi connectivity index (χ4n) is 2.45. The van der Waals surface area contributed by atoms with Gasteiger partial charge in [0.25, 0.3) is 0 Å². The van der Waals surface area contributed by atoms with Crippen molar-refractivity contribution in [3.05, 3.63) is 83.6 Å². The van der Waals surface area contributed by atoms with Gasteiger partial charge < -0.3 is 4.74 Å². The zero-order chi connectivity index (χ0) is 15.4. The number of aromatic nitrogens is 1. The SMILES string of the molecule is Cc1ccc(-c2ccccc2C)c(OCc2ccccc2)n1. The van der Waals surface area contributed by atoms with Gasteiger partial charge in [-0.3, -0.25) is 0 Å². The second-order valence-electron chi connectivity index (χ2n) is 5.39. The summed E-state index contributed by atoms with van der Waals surface area (Å²) in [6, 6.07) is 22.6. The molecule has 0 N–H and O–H groups in total. The predicted octanol–water partition coefficient (Wildman–Crippen LogP) is 4.94. The number of hydrogen-bond acceptors (Lipinski definition) is 2. The van der Waals surface area contributed by atoms with E-state index < -0.39 is 0 Å². The van der Waals surface area contributed by atoms with Crippen LogP contribution in [0.3, 0.4) is 0 Å². The van der Waals surface area contributed by atoms with Crippen LogP contribution in [0.4, 0.5) is 0 Å². The van der Waals surface area contributed by atoms with E-state index in [-0.39, 0.29) is 0 Å². The Bertz CT molecular complexity index is 766. The topological polar surface area (TPSA) is 22.1 Å². The molecule has 2 heteroatoms. The number of aryl methyl sites for hydroxylation is 2. The first-order chi connectivity index (χ1) is 10.7. The summed E-state index contributed by atoms with van der Waals surface area (Å²) in [5.41, 5.74) is 5.53. The minimum Gasteiger partial charge on any atom is -0.472 e. The molecule has 22 heavy (non-hydrogen) atoms. The second kappa shape index (κ2) is 6.44. The molecular formula is C20H19NO. The van der Waals surface area contributed by atoms with E-state index in [0.29, 0.717) is 12.5 Å². The van der Waals surface area contributed by atoms with Crippen LogP contribution in [0.1, 0.15) is 16.8 Å². The number of pyridine rings is 1. The van der Waals surface area contributed by atoms with Crippen molar-refractivity contribution in [3.8, 4) is 17.0 Å². The normalized spacial score (nSPS) is 10.5. The molecule has 0 aliphatic carbocycles. The largest absolute Gasteiger partial charge is 0.472 e. The molecule has 0 aliphatic rings. The summed E-state index contributed by atoms with van der Waals surface area (Å²) in [5, 5.41) is 0. The van der Waals surface area contributed by atoms with Crippen molar-refractivity contribution in [3.63, 3.8) is 0 Å². The Morgan fingerprint density at radius 3 is 2.27 bits per heavy atom. The van der Waals surface area contributed by atoms with Gasteiger partial charge in [0.2, 0.25) is 5.88 Å². The maximum atomic E-state index is 6.00. The molecule has 0 saturated heterocycles. The Morgan fingerprint density at radius 1 is 0.773 bits per heavy atom. The van der Waals surface area contributed by atoms with Crippen LogP contribution in [0.15, 0.2) is 66.7 Å². The lowest BCUT2D eigenvalue weighted by atomic mass is 10.0. The molecule has 0 aliphatic heterocycles. The Hall–Kier alpha value is -2.61. The molecule has 0 spiro atoms. The highest BCUT2D eigenvalue weighted by Crippen LogP contribution is 2.31. The molecule has 0 unspecified atom stereocenters. The van der Waals surface area contributed by atoms with Crippen molar-refractivity contribution in [1.82, 2.24) is 4.98 Å². The van der Waals surface area contributed by atoms with E-state index in [4.69, 9.17) is 4.74 Å². The summed E-state index contributed by atoms with van der Waals surface area (Å²) < 4.78 is 6.00. The van der Waals surface area contributed by atoms with Gasteiger partial charge in [-0.05, 0) is 42.7 Å². The van der Waals surface area contributed by atoms with Crippen molar-refractivity contribution >= 4 is 0 Å². The van der Waals surface area contributed by atoms with Gasteiger partial charge in [0, 0.05) is 11.3 Å². The number of ether oxygens (including phenoxy) is 1. The minimum absolute atomic E-state index is 0.524. The van der Waals surface area contributed by atoms with E-state index in [2.05, 4.69) is 42.2 Å². The van der Waals surface area contributed by atoms with Gasteiger partial charge in [0.15, 0.2) is 0 Å². The first kappa shape index (κ1) is 14.3. The molecule has 0 bridgehead atoms. The zero-order valence-corrected chi connectivity index (χ0v) is 12.9. The van der Waals surface area contributed by atoms with E-state index in [9.17, 15) is 0 Å². The molecule has 0 saturated carbocycles. The van der Waals surface area contributed by atoms with Crippen molar-refractivity contribution in [2.45, 2.75) is 20.5 Å². The third kappa shape index (κ3) is 3.17. The van der Waals surface area contributed by atoms with E-state index in [1.54, 1.807) is 0 Å². The molecular weight excluding hydrogens is 270 g/mol. The highest BCUT2D eigenvalue weighted by molar-refractivity contribution is 5.71. The number of rotatable bonds is 4. The fraction of sp³-hybridized carbons (Fsp3) is 0.150. The molecule has 1 heterocycles. The van der Waals surface area contributed by atoms with Crippen LogP contribution in [-0.2, 0) is 6.61 Å². The van der Waals surface area contributed by atoms with Gasteiger partial charge in [-0.15, -0.1) is 0 Å². The smallest absolute Gasteiger partial charge is 0.221 e. The molecule has 0 fully saturated rings. The van der Waals surface area contributed by atoms with Crippen LogP contribution in [0.2, 0.25) is 0 Å². The molecule has 2 nitrogen and oxygen atoms in total. The lowest BCUT2D eigenvalue weighted by Crippen LogP contribution is -2.00. The third-order valence-electron chi connectivity index (χ3n) is 3.65. The Kier molecular flexibility index (Phi) is 4.19. The summed E-state index contributed by atoms with van der Waals surface area (Å²) >= 11 is 0. The lowest BCUT2D eigenvalue weighted by molar-refractivity contribution is 0.295. The van der Waals surface area contributed by atoms with Gasteiger partial charge in [-0.25, -0.2) is 4.98 Å². The summed E-state index contributed by atoms with van der Waals surface area (Å²) in [6.45, 7) is 4.61. The van der Waals surface area contributed by atoms with E-state index in [0.717, 1.165) is 22.4 Å². The number of nitrogens with zero attached hydrogens (tertiary/aromatic N) is 1. The van der Waals surface area contributed by atoms with Crippen LogP contribution in [-0.4, -0.2) is 4.98 Å². The van der Waals surface area contributed by atoms with Crippen LogP contribution < -0.4 is 4.74 Å². The molecule has 110 valence electrons. The average molecular weight is 289 g/mol. The number of benzene rings is 2. The predicted molar refractivity (Wildman–Crippen MR) is 89.9 cm³/mol. The van der Waals surface area contributed by atoms with Crippen LogP contribution >= 0.6 is 0 Å². The molecule has 2 aromatic carbocycles. The third-order valence-corrected chi connectivity index (χ3v) is 3.65. The first-order valence-electron chi connectivity index (χ1n) is 7.44. The minimum atomic E-state index is 0.524. The van der Waals surface area contributed by atoms with Crippen LogP contribution in [0.25, 0.3) is 11.1 Å².